The highest BCUT2D eigenvalue weighted by Crippen LogP contribution is 2.20. The second-order valence-corrected chi connectivity index (χ2v) is 3.13. The highest BCUT2D eigenvalue weighted by Gasteiger charge is 2.24. The minimum absolute atomic E-state index is 0.173. The van der Waals surface area contributed by atoms with Crippen LogP contribution >= 0.6 is 11.6 Å². The van der Waals surface area contributed by atoms with Crippen LogP contribution in [-0.2, 0) is 4.74 Å². The van der Waals surface area contributed by atoms with Crippen molar-refractivity contribution < 1.29 is 14.3 Å². The van der Waals surface area contributed by atoms with E-state index in [1.165, 1.54) is 6.07 Å². The van der Waals surface area contributed by atoms with Crippen LogP contribution in [0.5, 0.6) is 0 Å². The Balaban J connectivity index is 2.63. The second-order valence-electron chi connectivity index (χ2n) is 2.69. The third-order valence-corrected chi connectivity index (χ3v) is 2.07. The number of cyclic esters (lactones) is 1. The minimum Gasteiger partial charge on any atom is -0.454 e. The Labute approximate surface area is 79.3 Å². The van der Waals surface area contributed by atoms with E-state index >= 15 is 0 Å². The number of hydrogen-bond donors (Lipinski definition) is 0. The van der Waals surface area contributed by atoms with Gasteiger partial charge in [-0.25, -0.2) is 4.79 Å². The number of benzene rings is 1. The van der Waals surface area contributed by atoms with Crippen LogP contribution < -0.4 is 0 Å². The summed E-state index contributed by atoms with van der Waals surface area (Å²) in [5, 5.41) is 0.422. The molecule has 1 aliphatic heterocycles. The first kappa shape index (κ1) is 8.26. The minimum atomic E-state index is -0.489. The summed E-state index contributed by atoms with van der Waals surface area (Å²) in [4.78, 5) is 22.4. The highest BCUT2D eigenvalue weighted by molar-refractivity contribution is 6.31. The predicted octanol–water partition coefficient (Wildman–Crippen LogP) is 1.69. The number of Topliss-reactive ketones (excluding diaryl/α,β-unsaturated/α-hetero) is 1. The van der Waals surface area contributed by atoms with Crippen LogP contribution in [0.4, 0.5) is 0 Å². The maximum atomic E-state index is 11.2. The van der Waals surface area contributed by atoms with Crippen molar-refractivity contribution in [1.82, 2.24) is 0 Å². The summed E-state index contributed by atoms with van der Waals surface area (Å²) in [7, 11) is 0. The van der Waals surface area contributed by atoms with Gasteiger partial charge in [0.25, 0.3) is 0 Å². The molecule has 0 spiro atoms. The number of esters is 1. The van der Waals surface area contributed by atoms with E-state index < -0.39 is 5.97 Å². The summed E-state index contributed by atoms with van der Waals surface area (Å²) < 4.78 is 4.62. The van der Waals surface area contributed by atoms with Gasteiger partial charge in [0.1, 0.15) is 0 Å². The monoisotopic (exact) mass is 196 g/mol. The quantitative estimate of drug-likeness (QED) is 0.593. The van der Waals surface area contributed by atoms with E-state index in [0.29, 0.717) is 10.6 Å². The molecule has 1 aromatic rings. The first-order valence-electron chi connectivity index (χ1n) is 3.68. The Morgan fingerprint density at radius 3 is 2.77 bits per heavy atom. The van der Waals surface area contributed by atoms with Crippen molar-refractivity contribution in [2.24, 2.45) is 0 Å². The van der Waals surface area contributed by atoms with Crippen molar-refractivity contribution in [3.63, 3.8) is 0 Å². The van der Waals surface area contributed by atoms with Gasteiger partial charge in [0.05, 0.1) is 5.56 Å². The van der Waals surface area contributed by atoms with Crippen LogP contribution in [0.25, 0.3) is 0 Å². The number of rotatable bonds is 0. The van der Waals surface area contributed by atoms with Gasteiger partial charge in [-0.1, -0.05) is 11.6 Å². The van der Waals surface area contributed by atoms with Gasteiger partial charge in [0.15, 0.2) is 6.61 Å². The molecule has 0 atom stereocenters. The molecule has 4 heteroatoms. The van der Waals surface area contributed by atoms with Gasteiger partial charge in [0.2, 0.25) is 5.78 Å². The summed E-state index contributed by atoms with van der Waals surface area (Å²) >= 11 is 5.67. The number of halogens is 1. The van der Waals surface area contributed by atoms with Crippen molar-refractivity contribution in [2.45, 2.75) is 0 Å². The van der Waals surface area contributed by atoms with Gasteiger partial charge < -0.3 is 4.74 Å². The topological polar surface area (TPSA) is 43.4 Å². The smallest absolute Gasteiger partial charge is 0.339 e. The fraction of sp³-hybridized carbons (Fsp3) is 0.111. The van der Waals surface area contributed by atoms with Crippen molar-refractivity contribution in [3.8, 4) is 0 Å². The van der Waals surface area contributed by atoms with Gasteiger partial charge in [-0.2, -0.15) is 0 Å². The van der Waals surface area contributed by atoms with E-state index in [1.807, 2.05) is 0 Å². The average Bonchev–Trinajstić information content (AvgIpc) is 2.12. The average molecular weight is 197 g/mol. The van der Waals surface area contributed by atoms with Gasteiger partial charge in [-0.15, -0.1) is 0 Å². The van der Waals surface area contributed by atoms with Gasteiger partial charge >= 0.3 is 5.97 Å². The summed E-state index contributed by atoms with van der Waals surface area (Å²) in [5.74, 6) is -0.677. The lowest BCUT2D eigenvalue weighted by atomic mass is 10.0. The van der Waals surface area contributed by atoms with Gasteiger partial charge in [-0.05, 0) is 18.2 Å². The molecule has 1 heterocycles. The van der Waals surface area contributed by atoms with E-state index in [2.05, 4.69) is 4.74 Å². The van der Waals surface area contributed by atoms with Crippen molar-refractivity contribution in [2.75, 3.05) is 6.61 Å². The zero-order valence-corrected chi connectivity index (χ0v) is 7.30. The van der Waals surface area contributed by atoms with Gasteiger partial charge in [-0.3, -0.25) is 4.79 Å². The molecule has 0 aromatic heterocycles. The first-order chi connectivity index (χ1) is 6.18. The molecule has 0 aliphatic carbocycles. The SMILES string of the molecule is O=C1COC(=O)c2cc(Cl)ccc21. The third-order valence-electron chi connectivity index (χ3n) is 1.84. The summed E-state index contributed by atoms with van der Waals surface area (Å²) in [6.07, 6.45) is 0. The lowest BCUT2D eigenvalue weighted by Crippen LogP contribution is -2.23. The molecule has 0 N–H and O–H groups in total. The molecule has 0 bridgehead atoms. The molecule has 0 radical (unpaired) electrons. The number of carbonyl (C=O) groups excluding carboxylic acids is 2. The number of fused-ring (bicyclic) bond motifs is 1. The third kappa shape index (κ3) is 1.31. The van der Waals surface area contributed by atoms with E-state index in [-0.39, 0.29) is 18.0 Å². The van der Waals surface area contributed by atoms with Crippen molar-refractivity contribution in [1.29, 1.82) is 0 Å². The second kappa shape index (κ2) is 2.85. The molecule has 0 saturated carbocycles. The summed E-state index contributed by atoms with van der Waals surface area (Å²) in [5.41, 5.74) is 0.643. The number of hydrogen-bond acceptors (Lipinski definition) is 3. The lowest BCUT2D eigenvalue weighted by Gasteiger charge is -2.13. The molecule has 0 amide bonds. The Morgan fingerprint density at radius 2 is 2.00 bits per heavy atom. The largest absolute Gasteiger partial charge is 0.454 e. The van der Waals surface area contributed by atoms with Gasteiger partial charge in [0, 0.05) is 10.6 Å². The predicted molar refractivity (Wildman–Crippen MR) is 46.1 cm³/mol. The number of ketones is 1. The molecule has 3 nitrogen and oxygen atoms in total. The Bertz CT molecular complexity index is 398. The van der Waals surface area contributed by atoms with E-state index in [4.69, 9.17) is 11.6 Å². The molecule has 2 rings (SSSR count). The Kier molecular flexibility index (Phi) is 1.81. The fourth-order valence-corrected chi connectivity index (χ4v) is 1.39. The maximum absolute atomic E-state index is 11.2. The number of carbonyl (C=O) groups is 2. The zero-order chi connectivity index (χ0) is 9.42. The molecule has 1 aromatic carbocycles. The van der Waals surface area contributed by atoms with Crippen LogP contribution in [0.15, 0.2) is 18.2 Å². The van der Waals surface area contributed by atoms with Crippen molar-refractivity contribution >= 4 is 23.4 Å². The molecule has 0 unspecified atom stereocenters. The molecule has 13 heavy (non-hydrogen) atoms. The highest BCUT2D eigenvalue weighted by atomic mass is 35.5. The van der Waals surface area contributed by atoms with Crippen LogP contribution in [0, 0.1) is 0 Å². The normalized spacial score (nSPS) is 15.2. The van der Waals surface area contributed by atoms with Crippen LogP contribution in [0.1, 0.15) is 20.7 Å². The Hall–Kier alpha value is -1.35. The van der Waals surface area contributed by atoms with Crippen LogP contribution in [0.2, 0.25) is 5.02 Å². The molecular weight excluding hydrogens is 192 g/mol. The molecule has 1 aliphatic rings. The molecule has 0 fully saturated rings. The zero-order valence-electron chi connectivity index (χ0n) is 6.54. The first-order valence-corrected chi connectivity index (χ1v) is 4.06. The van der Waals surface area contributed by atoms with E-state index in [0.717, 1.165) is 0 Å². The molecular formula is C9H5ClO3. The standard InChI is InChI=1S/C9H5ClO3/c10-5-1-2-6-7(3-5)9(12)13-4-8(6)11/h1-3H,4H2. The van der Waals surface area contributed by atoms with E-state index in [1.54, 1.807) is 12.1 Å². The fourth-order valence-electron chi connectivity index (χ4n) is 1.22. The summed E-state index contributed by atoms with van der Waals surface area (Å²) in [6, 6.07) is 4.56. The van der Waals surface area contributed by atoms with E-state index in [9.17, 15) is 9.59 Å². The van der Waals surface area contributed by atoms with Crippen molar-refractivity contribution in [3.05, 3.63) is 34.3 Å². The number of ether oxygens (including phenoxy) is 1. The molecule has 66 valence electrons. The lowest BCUT2D eigenvalue weighted by molar-refractivity contribution is 0.0443. The summed E-state index contributed by atoms with van der Waals surface area (Å²) in [6.45, 7) is -0.173. The molecule has 0 saturated heterocycles. The van der Waals surface area contributed by atoms with Crippen LogP contribution in [-0.4, -0.2) is 18.4 Å². The Morgan fingerprint density at radius 1 is 1.23 bits per heavy atom. The maximum Gasteiger partial charge on any atom is 0.339 e. The van der Waals surface area contributed by atoms with Crippen LogP contribution in [0.3, 0.4) is 0 Å².